The van der Waals surface area contributed by atoms with Crippen molar-refractivity contribution in [3.8, 4) is 5.69 Å². The molecule has 0 aliphatic carbocycles. The predicted octanol–water partition coefficient (Wildman–Crippen LogP) is 3.44. The van der Waals surface area contributed by atoms with Crippen molar-refractivity contribution in [1.29, 1.82) is 0 Å². The molecule has 0 saturated heterocycles. The fraction of sp³-hybridized carbons (Fsp3) is 0.333. The molecule has 11 heteroatoms. The van der Waals surface area contributed by atoms with Crippen molar-refractivity contribution >= 4 is 17.6 Å². The third kappa shape index (κ3) is 5.16. The first-order valence-electron chi connectivity index (χ1n) is 9.65. The van der Waals surface area contributed by atoms with E-state index in [1.165, 1.54) is 28.8 Å². The molecule has 0 unspecified atom stereocenters. The maximum Gasteiger partial charge on any atom is 0.416 e. The van der Waals surface area contributed by atoms with Crippen LogP contribution in [0, 0.1) is 20.8 Å². The zero-order chi connectivity index (χ0) is 23.6. The molecule has 0 spiro atoms. The van der Waals surface area contributed by atoms with Gasteiger partial charge in [-0.05, 0) is 39.0 Å². The van der Waals surface area contributed by atoms with Crippen LogP contribution in [0.5, 0.6) is 0 Å². The highest BCUT2D eigenvalue weighted by Gasteiger charge is 2.31. The Labute approximate surface area is 182 Å². The third-order valence-electron chi connectivity index (χ3n) is 4.89. The third-order valence-corrected chi connectivity index (χ3v) is 4.89. The quantitative estimate of drug-likeness (QED) is 0.622. The first-order chi connectivity index (χ1) is 15.0. The van der Waals surface area contributed by atoms with Crippen LogP contribution in [0.15, 0.2) is 34.9 Å². The van der Waals surface area contributed by atoms with Crippen molar-refractivity contribution in [1.82, 2.24) is 19.8 Å². The number of halogens is 3. The molecule has 170 valence electrons. The highest BCUT2D eigenvalue weighted by Crippen LogP contribution is 2.31. The molecule has 0 atom stereocenters. The number of carbonyl (C=O) groups is 2. The van der Waals surface area contributed by atoms with E-state index in [2.05, 4.69) is 15.6 Å². The summed E-state index contributed by atoms with van der Waals surface area (Å²) < 4.78 is 45.4. The number of carbonyl (C=O) groups excluding carboxylic acids is 2. The molecule has 2 amide bonds. The van der Waals surface area contributed by atoms with E-state index in [4.69, 9.17) is 4.52 Å². The number of aromatic nitrogens is 3. The Kier molecular flexibility index (Phi) is 6.37. The molecule has 0 aliphatic rings. The summed E-state index contributed by atoms with van der Waals surface area (Å²) in [7, 11) is 1.48. The Morgan fingerprint density at radius 2 is 1.91 bits per heavy atom. The molecule has 8 nitrogen and oxygen atoms in total. The topological polar surface area (TPSA) is 93.3 Å². The highest BCUT2D eigenvalue weighted by molar-refractivity contribution is 5.94. The van der Waals surface area contributed by atoms with Gasteiger partial charge in [-0.2, -0.15) is 18.3 Å². The molecular formula is C21H22F3N5O3. The zero-order valence-corrected chi connectivity index (χ0v) is 17.9. The fourth-order valence-electron chi connectivity index (χ4n) is 3.19. The zero-order valence-electron chi connectivity index (χ0n) is 17.9. The van der Waals surface area contributed by atoms with Crippen LogP contribution in [0.3, 0.4) is 0 Å². The molecule has 2 aromatic heterocycles. The summed E-state index contributed by atoms with van der Waals surface area (Å²) in [6.45, 7) is 4.84. The Bertz CT molecular complexity index is 1150. The molecular weight excluding hydrogens is 427 g/mol. The lowest BCUT2D eigenvalue weighted by Gasteiger charge is -2.16. The van der Waals surface area contributed by atoms with Crippen LogP contribution in [-0.4, -0.2) is 45.2 Å². The first kappa shape index (κ1) is 23.0. The molecule has 0 bridgehead atoms. The summed E-state index contributed by atoms with van der Waals surface area (Å²) in [4.78, 5) is 26.0. The van der Waals surface area contributed by atoms with E-state index in [-0.39, 0.29) is 30.4 Å². The molecule has 0 aliphatic heterocycles. The van der Waals surface area contributed by atoms with Gasteiger partial charge in [-0.25, -0.2) is 4.68 Å². The molecule has 1 aromatic carbocycles. The predicted molar refractivity (Wildman–Crippen MR) is 109 cm³/mol. The van der Waals surface area contributed by atoms with Crippen molar-refractivity contribution < 1.29 is 27.3 Å². The molecule has 1 N–H and O–H groups in total. The van der Waals surface area contributed by atoms with E-state index in [1.54, 1.807) is 26.8 Å². The smallest absolute Gasteiger partial charge is 0.360 e. The van der Waals surface area contributed by atoms with E-state index >= 15 is 0 Å². The van der Waals surface area contributed by atoms with Gasteiger partial charge in [0.2, 0.25) is 11.8 Å². The summed E-state index contributed by atoms with van der Waals surface area (Å²) in [5.41, 5.74) is 1.12. The second-order valence-electron chi connectivity index (χ2n) is 7.41. The summed E-state index contributed by atoms with van der Waals surface area (Å²) >= 11 is 0. The van der Waals surface area contributed by atoms with Gasteiger partial charge < -0.3 is 14.7 Å². The van der Waals surface area contributed by atoms with Crippen molar-refractivity contribution in [3.63, 3.8) is 0 Å². The Hall–Kier alpha value is -3.63. The van der Waals surface area contributed by atoms with E-state index in [0.717, 1.165) is 12.1 Å². The number of alkyl halides is 3. The van der Waals surface area contributed by atoms with Gasteiger partial charge in [-0.1, -0.05) is 11.2 Å². The average Bonchev–Trinajstić information content (AvgIpc) is 3.24. The van der Waals surface area contributed by atoms with Crippen LogP contribution < -0.4 is 5.32 Å². The number of benzene rings is 1. The SMILES string of the molecule is Cc1cc(NC(=O)CN(C)C(=O)Cc2c(C)nn(-c3cccc(C(F)(F)F)c3)c2C)no1. The fourth-order valence-corrected chi connectivity index (χ4v) is 3.19. The summed E-state index contributed by atoms with van der Waals surface area (Å²) in [5, 5.41) is 10.5. The number of aryl methyl sites for hydroxylation is 2. The number of amides is 2. The molecule has 0 saturated carbocycles. The van der Waals surface area contributed by atoms with Gasteiger partial charge in [0.25, 0.3) is 0 Å². The van der Waals surface area contributed by atoms with Crippen molar-refractivity contribution in [3.05, 3.63) is 58.6 Å². The van der Waals surface area contributed by atoms with Crippen molar-refractivity contribution in [2.45, 2.75) is 33.4 Å². The van der Waals surface area contributed by atoms with Gasteiger partial charge in [-0.3, -0.25) is 9.59 Å². The van der Waals surface area contributed by atoms with Crippen LogP contribution in [0.25, 0.3) is 5.69 Å². The van der Waals surface area contributed by atoms with E-state index in [9.17, 15) is 22.8 Å². The largest absolute Gasteiger partial charge is 0.416 e. The van der Waals surface area contributed by atoms with E-state index < -0.39 is 17.6 Å². The Morgan fingerprint density at radius 1 is 1.19 bits per heavy atom. The molecule has 32 heavy (non-hydrogen) atoms. The second kappa shape index (κ2) is 8.85. The number of nitrogens with one attached hydrogen (secondary N) is 1. The number of hydrogen-bond donors (Lipinski definition) is 1. The molecule has 0 radical (unpaired) electrons. The molecule has 0 fully saturated rings. The van der Waals surface area contributed by atoms with Gasteiger partial charge in [0.05, 0.1) is 29.9 Å². The molecule has 2 heterocycles. The number of rotatable bonds is 6. The average molecular weight is 449 g/mol. The molecule has 3 rings (SSSR count). The number of anilines is 1. The van der Waals surface area contributed by atoms with Crippen LogP contribution in [-0.2, 0) is 22.2 Å². The minimum Gasteiger partial charge on any atom is -0.360 e. The minimum absolute atomic E-state index is 0.0521. The number of hydrogen-bond acceptors (Lipinski definition) is 5. The Morgan fingerprint density at radius 3 is 2.53 bits per heavy atom. The summed E-state index contributed by atoms with van der Waals surface area (Å²) in [6.07, 6.45) is -4.53. The lowest BCUT2D eigenvalue weighted by atomic mass is 10.1. The van der Waals surface area contributed by atoms with Gasteiger partial charge in [0.15, 0.2) is 5.82 Å². The van der Waals surface area contributed by atoms with Crippen LogP contribution >= 0.6 is 0 Å². The lowest BCUT2D eigenvalue weighted by Crippen LogP contribution is -2.36. The van der Waals surface area contributed by atoms with Gasteiger partial charge in [-0.15, -0.1) is 0 Å². The van der Waals surface area contributed by atoms with E-state index in [0.29, 0.717) is 22.7 Å². The van der Waals surface area contributed by atoms with Crippen molar-refractivity contribution in [2.75, 3.05) is 18.9 Å². The minimum atomic E-state index is -4.47. The normalized spacial score (nSPS) is 11.5. The summed E-state index contributed by atoms with van der Waals surface area (Å²) in [6, 6.07) is 6.37. The highest BCUT2D eigenvalue weighted by atomic mass is 19.4. The first-order valence-corrected chi connectivity index (χ1v) is 9.65. The van der Waals surface area contributed by atoms with Crippen LogP contribution in [0.1, 0.15) is 28.3 Å². The maximum absolute atomic E-state index is 13.1. The maximum atomic E-state index is 13.1. The monoisotopic (exact) mass is 449 g/mol. The van der Waals surface area contributed by atoms with Gasteiger partial charge in [0.1, 0.15) is 5.76 Å². The molecule has 3 aromatic rings. The van der Waals surface area contributed by atoms with E-state index in [1.807, 2.05) is 0 Å². The number of nitrogens with zero attached hydrogens (tertiary/aromatic N) is 4. The van der Waals surface area contributed by atoms with Crippen molar-refractivity contribution in [2.24, 2.45) is 0 Å². The van der Waals surface area contributed by atoms with Crippen LogP contribution in [0.2, 0.25) is 0 Å². The lowest BCUT2D eigenvalue weighted by molar-refractivity contribution is -0.137. The second-order valence-corrected chi connectivity index (χ2v) is 7.41. The number of likely N-dealkylation sites (N-methyl/N-ethyl adjacent to an activating group) is 1. The summed E-state index contributed by atoms with van der Waals surface area (Å²) in [5.74, 6) is 0.00407. The standard InChI is InChI=1S/C21H22F3N5O3/c1-12-8-18(27-32-12)25-19(30)11-28(4)20(31)10-17-13(2)26-29(14(17)3)16-7-5-6-15(9-16)21(22,23)24/h5-9H,10-11H2,1-4H3,(H,25,27,30). The van der Waals surface area contributed by atoms with Crippen LogP contribution in [0.4, 0.5) is 19.0 Å². The van der Waals surface area contributed by atoms with Gasteiger partial charge >= 0.3 is 6.18 Å². The Balaban J connectivity index is 1.72. The van der Waals surface area contributed by atoms with Gasteiger partial charge in [0, 0.05) is 24.4 Å².